The minimum atomic E-state index is -1.37. The molecule has 0 unspecified atom stereocenters. The van der Waals surface area contributed by atoms with Crippen molar-refractivity contribution in [3.63, 3.8) is 0 Å². The second-order valence-electron chi connectivity index (χ2n) is 3.17. The molecule has 0 heterocycles. The molecule has 1 amide bonds. The molecule has 18 heavy (non-hydrogen) atoms. The summed E-state index contributed by atoms with van der Waals surface area (Å²) in [5.41, 5.74) is 0.266. The predicted molar refractivity (Wildman–Crippen MR) is 55.1 cm³/mol. The Bertz CT molecular complexity index is 443. The van der Waals surface area contributed by atoms with Crippen LogP contribution in [-0.2, 0) is 9.59 Å². The van der Waals surface area contributed by atoms with E-state index in [1.807, 2.05) is 0 Å². The summed E-state index contributed by atoms with van der Waals surface area (Å²) in [4.78, 5) is 32.1. The van der Waals surface area contributed by atoms with Crippen molar-refractivity contribution in [2.45, 2.75) is 6.92 Å². The smallest absolute Gasteiger partial charge is 0.548 e. The van der Waals surface area contributed by atoms with E-state index in [0.29, 0.717) is 5.75 Å². The molecule has 1 N–H and O–H groups in total. The number of aliphatic carboxylic acids is 1. The van der Waals surface area contributed by atoms with Gasteiger partial charge in [0.05, 0.1) is 12.5 Å². The number of hydrogen-bond donors (Lipinski definition) is 1. The van der Waals surface area contributed by atoms with Crippen LogP contribution in [0.5, 0.6) is 5.75 Å². The molecule has 1 rings (SSSR count). The number of nitrogens with one attached hydrogen (secondary N) is 1. The molecule has 0 aliphatic heterocycles. The number of esters is 1. The van der Waals surface area contributed by atoms with Gasteiger partial charge in [-0.25, -0.2) is 0 Å². The van der Waals surface area contributed by atoms with E-state index < -0.39 is 24.4 Å². The van der Waals surface area contributed by atoms with Crippen LogP contribution in [0.3, 0.4) is 0 Å². The van der Waals surface area contributed by atoms with Crippen molar-refractivity contribution in [2.24, 2.45) is 0 Å². The van der Waals surface area contributed by atoms with Crippen LogP contribution < -0.4 is 34.0 Å². The molecule has 0 aliphatic carbocycles. The fourth-order valence-electron chi connectivity index (χ4n) is 1.09. The summed E-state index contributed by atoms with van der Waals surface area (Å²) in [6.45, 7) is 0.713. The molecule has 0 spiro atoms. The van der Waals surface area contributed by atoms with Crippen molar-refractivity contribution < 1.29 is 43.1 Å². The molecule has 7 heteroatoms. The monoisotopic (exact) mass is 243 g/mol. The molecule has 0 radical (unpaired) electrons. The Morgan fingerprint density at radius 3 is 2.22 bits per heavy atom. The second kappa shape index (κ2) is 7.53. The van der Waals surface area contributed by atoms with E-state index in [4.69, 9.17) is 4.74 Å². The van der Waals surface area contributed by atoms with E-state index in [1.165, 1.54) is 31.2 Å². The predicted octanol–water partition coefficient (Wildman–Crippen LogP) is -3.90. The Morgan fingerprint density at radius 2 is 1.78 bits per heavy atom. The first-order valence-electron chi connectivity index (χ1n) is 4.75. The maximum Gasteiger partial charge on any atom is 1.00 e. The van der Waals surface area contributed by atoms with Crippen LogP contribution in [0.4, 0.5) is 0 Å². The van der Waals surface area contributed by atoms with Crippen molar-refractivity contribution in [1.29, 1.82) is 0 Å². The Balaban J connectivity index is 0.00000289. The summed E-state index contributed by atoms with van der Waals surface area (Å²) in [6.07, 6.45) is 0. The Kier molecular flexibility index (Phi) is 6.79. The van der Waals surface area contributed by atoms with Crippen LogP contribution in [-0.4, -0.2) is 24.4 Å². The third-order valence-electron chi connectivity index (χ3n) is 1.77. The zero-order valence-corrected chi connectivity index (χ0v) is 10.1. The molecule has 1 aromatic carbocycles. The topological polar surface area (TPSA) is 95.5 Å². The van der Waals surface area contributed by atoms with Gasteiger partial charge in [0.15, 0.2) is 0 Å². The Morgan fingerprint density at radius 1 is 1.22 bits per heavy atom. The summed E-state index contributed by atoms with van der Waals surface area (Å²) in [6, 6.07) is 5.72. The summed E-state index contributed by atoms with van der Waals surface area (Å²) < 4.78 is 4.77. The van der Waals surface area contributed by atoms with Gasteiger partial charge in [-0.1, -0.05) is 0 Å². The standard InChI is InChI=1S/C11H11NO5.Li/c1-7(13)17-9-4-2-8(3-5-9)11(16)12-6-10(14)15;/h2-5H,6H2,1H3,(H,12,16)(H,14,15);/q;+1/p-1. The van der Waals surface area contributed by atoms with Gasteiger partial charge in [0, 0.05) is 12.5 Å². The quantitative estimate of drug-likeness (QED) is 0.331. The zero-order chi connectivity index (χ0) is 12.8. The number of rotatable bonds is 4. The Hall–Kier alpha value is -1.77. The number of ether oxygens (including phenoxy) is 1. The van der Waals surface area contributed by atoms with E-state index in [2.05, 4.69) is 5.32 Å². The number of benzene rings is 1. The first-order valence-corrected chi connectivity index (χ1v) is 4.75. The Labute approximate surface area is 115 Å². The third-order valence-corrected chi connectivity index (χ3v) is 1.77. The van der Waals surface area contributed by atoms with Gasteiger partial charge >= 0.3 is 24.8 Å². The van der Waals surface area contributed by atoms with Gasteiger partial charge in [0.25, 0.3) is 5.91 Å². The molecule has 6 nitrogen and oxygen atoms in total. The average Bonchev–Trinajstić information content (AvgIpc) is 2.26. The minimum absolute atomic E-state index is 0. The summed E-state index contributed by atoms with van der Waals surface area (Å²) in [5, 5.41) is 12.3. The number of amides is 1. The maximum atomic E-state index is 11.4. The first-order chi connectivity index (χ1) is 7.99. The molecule has 0 saturated heterocycles. The molecule has 0 saturated carbocycles. The van der Waals surface area contributed by atoms with Gasteiger partial charge in [-0.05, 0) is 24.3 Å². The van der Waals surface area contributed by atoms with Crippen LogP contribution in [0, 0.1) is 0 Å². The van der Waals surface area contributed by atoms with Crippen molar-refractivity contribution in [1.82, 2.24) is 5.32 Å². The van der Waals surface area contributed by atoms with E-state index in [-0.39, 0.29) is 24.4 Å². The van der Waals surface area contributed by atoms with Gasteiger partial charge in [-0.2, -0.15) is 0 Å². The molecule has 90 valence electrons. The molecule has 0 fully saturated rings. The average molecular weight is 243 g/mol. The van der Waals surface area contributed by atoms with Crippen LogP contribution >= 0.6 is 0 Å². The largest absolute Gasteiger partial charge is 1.00 e. The summed E-state index contributed by atoms with van der Waals surface area (Å²) >= 11 is 0. The van der Waals surface area contributed by atoms with Gasteiger partial charge in [0.2, 0.25) is 0 Å². The summed E-state index contributed by atoms with van der Waals surface area (Å²) in [5.74, 6) is -2.05. The van der Waals surface area contributed by atoms with Gasteiger partial charge in [0.1, 0.15) is 5.75 Å². The molecule has 1 aromatic rings. The van der Waals surface area contributed by atoms with Crippen molar-refractivity contribution in [2.75, 3.05) is 6.54 Å². The normalized spacial score (nSPS) is 8.94. The molecule has 0 aliphatic rings. The summed E-state index contributed by atoms with van der Waals surface area (Å²) in [7, 11) is 0. The number of carbonyl (C=O) groups excluding carboxylic acids is 3. The van der Waals surface area contributed by atoms with E-state index in [0.717, 1.165) is 0 Å². The molecule has 0 atom stereocenters. The first kappa shape index (κ1) is 16.2. The minimum Gasteiger partial charge on any atom is -0.548 e. The van der Waals surface area contributed by atoms with Crippen molar-refractivity contribution in [3.05, 3.63) is 29.8 Å². The SMILES string of the molecule is CC(=O)Oc1ccc(C(=O)NCC(=O)[O-])cc1.[Li+]. The molecule has 0 bridgehead atoms. The van der Waals surface area contributed by atoms with Crippen molar-refractivity contribution >= 4 is 17.8 Å². The van der Waals surface area contributed by atoms with Crippen LogP contribution in [0.1, 0.15) is 17.3 Å². The van der Waals surface area contributed by atoms with E-state index >= 15 is 0 Å². The van der Waals surface area contributed by atoms with Crippen LogP contribution in [0.2, 0.25) is 0 Å². The number of hydrogen-bond acceptors (Lipinski definition) is 5. The number of carboxylic acid groups (broad SMARTS) is 1. The molecular weight excluding hydrogens is 233 g/mol. The number of carboxylic acids is 1. The molecule has 0 aromatic heterocycles. The fourth-order valence-corrected chi connectivity index (χ4v) is 1.09. The van der Waals surface area contributed by atoms with Gasteiger partial charge < -0.3 is 20.0 Å². The molecular formula is C11H10LiNO5. The van der Waals surface area contributed by atoms with Gasteiger partial charge in [-0.3, -0.25) is 9.59 Å². The van der Waals surface area contributed by atoms with Crippen molar-refractivity contribution in [3.8, 4) is 5.75 Å². The second-order valence-corrected chi connectivity index (χ2v) is 3.17. The van der Waals surface area contributed by atoms with E-state index in [9.17, 15) is 19.5 Å². The maximum absolute atomic E-state index is 11.4. The van der Waals surface area contributed by atoms with Gasteiger partial charge in [-0.15, -0.1) is 0 Å². The third kappa shape index (κ3) is 5.52. The number of carbonyl (C=O) groups is 3. The zero-order valence-electron chi connectivity index (χ0n) is 10.1. The fraction of sp³-hybridized carbons (Fsp3) is 0.182. The van der Waals surface area contributed by atoms with E-state index in [1.54, 1.807) is 0 Å². The van der Waals surface area contributed by atoms with Crippen LogP contribution in [0.15, 0.2) is 24.3 Å². The van der Waals surface area contributed by atoms with Crippen LogP contribution in [0.25, 0.3) is 0 Å².